The number of nitrogens with two attached hydrogens (primary N) is 1. The lowest BCUT2D eigenvalue weighted by Gasteiger charge is -2.05. The van der Waals surface area contributed by atoms with Gasteiger partial charge >= 0.3 is 0 Å². The van der Waals surface area contributed by atoms with E-state index in [-0.39, 0.29) is 0 Å². The lowest BCUT2D eigenvalue weighted by atomic mass is 10.0. The van der Waals surface area contributed by atoms with Gasteiger partial charge in [0.05, 0.1) is 11.4 Å². The Morgan fingerprint density at radius 2 is 1.61 bits per heavy atom. The number of hydrogen-bond acceptors (Lipinski definition) is 3. The molecule has 0 amide bonds. The van der Waals surface area contributed by atoms with Gasteiger partial charge in [0.2, 0.25) is 0 Å². The van der Waals surface area contributed by atoms with Gasteiger partial charge in [0, 0.05) is 23.2 Å². The fourth-order valence-electron chi connectivity index (χ4n) is 2.94. The van der Waals surface area contributed by atoms with Crippen molar-refractivity contribution in [2.45, 2.75) is 13.5 Å². The Labute approximate surface area is 139 Å². The van der Waals surface area contributed by atoms with Gasteiger partial charge in [-0.1, -0.05) is 54.6 Å². The van der Waals surface area contributed by atoms with Gasteiger partial charge in [-0.3, -0.25) is 4.40 Å². The highest BCUT2D eigenvalue weighted by atomic mass is 32.1. The van der Waals surface area contributed by atoms with Gasteiger partial charge in [-0.2, -0.15) is 0 Å². The number of rotatable bonds is 3. The van der Waals surface area contributed by atoms with Crippen molar-refractivity contribution in [3.63, 3.8) is 0 Å². The van der Waals surface area contributed by atoms with E-state index < -0.39 is 0 Å². The largest absolute Gasteiger partial charge is 0.325 e. The Hall–Kier alpha value is -2.43. The molecule has 4 rings (SSSR count). The molecule has 2 N–H and O–H groups in total. The fourth-order valence-corrected chi connectivity index (χ4v) is 3.82. The summed E-state index contributed by atoms with van der Waals surface area (Å²) in [7, 11) is 0. The Bertz CT molecular complexity index is 950. The van der Waals surface area contributed by atoms with Gasteiger partial charge < -0.3 is 5.73 Å². The maximum absolute atomic E-state index is 5.99. The third-order valence-electron chi connectivity index (χ3n) is 4.09. The summed E-state index contributed by atoms with van der Waals surface area (Å²) in [6.07, 6.45) is 0. The van der Waals surface area contributed by atoms with E-state index in [9.17, 15) is 0 Å². The van der Waals surface area contributed by atoms with Crippen LogP contribution in [0.4, 0.5) is 0 Å². The topological polar surface area (TPSA) is 43.3 Å². The minimum absolute atomic E-state index is 0.481. The Morgan fingerprint density at radius 3 is 2.30 bits per heavy atom. The second-order valence-corrected chi connectivity index (χ2v) is 6.39. The highest BCUT2D eigenvalue weighted by Gasteiger charge is 2.15. The number of hydrogen-bond donors (Lipinski definition) is 1. The van der Waals surface area contributed by atoms with E-state index in [1.165, 1.54) is 16.8 Å². The van der Waals surface area contributed by atoms with Crippen molar-refractivity contribution < 1.29 is 0 Å². The molecule has 0 saturated carbocycles. The van der Waals surface area contributed by atoms with Crippen LogP contribution in [0.5, 0.6) is 0 Å². The molecule has 0 atom stereocenters. The number of thiazole rings is 1. The third kappa shape index (κ3) is 2.36. The molecule has 23 heavy (non-hydrogen) atoms. The molecule has 0 radical (unpaired) electrons. The molecule has 2 heterocycles. The molecule has 0 unspecified atom stereocenters. The average molecular weight is 319 g/mol. The summed E-state index contributed by atoms with van der Waals surface area (Å²) in [6.45, 7) is 2.57. The average Bonchev–Trinajstić information content (AvgIpc) is 3.15. The first-order valence-corrected chi connectivity index (χ1v) is 8.47. The Balaban J connectivity index is 1.79. The van der Waals surface area contributed by atoms with E-state index in [0.717, 1.165) is 21.9 Å². The van der Waals surface area contributed by atoms with Crippen LogP contribution in [-0.4, -0.2) is 9.38 Å². The molecule has 0 bridgehead atoms. The molecule has 0 spiro atoms. The SMILES string of the molecule is Cc1csc2nc(-c3ccc(-c4ccccc4)cc3)c(CN)n12. The molecule has 0 aliphatic heterocycles. The van der Waals surface area contributed by atoms with Crippen LogP contribution in [0.15, 0.2) is 60.0 Å². The quantitative estimate of drug-likeness (QED) is 0.604. The maximum atomic E-state index is 5.99. The number of nitrogens with zero attached hydrogens (tertiary/aromatic N) is 2. The summed E-state index contributed by atoms with van der Waals surface area (Å²) in [5.74, 6) is 0. The fraction of sp³-hybridized carbons (Fsp3) is 0.105. The van der Waals surface area contributed by atoms with Crippen LogP contribution in [0, 0.1) is 6.92 Å². The van der Waals surface area contributed by atoms with Gasteiger partial charge in [-0.25, -0.2) is 4.98 Å². The molecule has 0 fully saturated rings. The molecule has 4 aromatic rings. The molecule has 0 saturated heterocycles. The van der Waals surface area contributed by atoms with Crippen LogP contribution in [0.3, 0.4) is 0 Å². The number of benzene rings is 2. The number of imidazole rings is 1. The molecule has 0 aliphatic carbocycles. The van der Waals surface area contributed by atoms with E-state index >= 15 is 0 Å². The van der Waals surface area contributed by atoms with Crippen molar-refractivity contribution in [3.05, 3.63) is 71.4 Å². The van der Waals surface area contributed by atoms with Crippen molar-refractivity contribution >= 4 is 16.3 Å². The number of aryl methyl sites for hydroxylation is 1. The maximum Gasteiger partial charge on any atom is 0.194 e. The standard InChI is InChI=1S/C19H17N3S/c1-13-12-23-19-21-18(17(11-20)22(13)19)16-9-7-15(8-10-16)14-5-3-2-4-6-14/h2-10,12H,11,20H2,1H3. The Kier molecular flexibility index (Phi) is 3.48. The molecular formula is C19H17N3S. The predicted molar refractivity (Wildman–Crippen MR) is 96.6 cm³/mol. The van der Waals surface area contributed by atoms with Crippen LogP contribution in [0.1, 0.15) is 11.4 Å². The van der Waals surface area contributed by atoms with Crippen LogP contribution >= 0.6 is 11.3 Å². The van der Waals surface area contributed by atoms with Crippen LogP contribution < -0.4 is 5.73 Å². The number of aromatic nitrogens is 2. The van der Waals surface area contributed by atoms with E-state index in [0.29, 0.717) is 6.54 Å². The molecule has 4 heteroatoms. The summed E-state index contributed by atoms with van der Waals surface area (Å²) in [5.41, 5.74) is 12.8. The minimum atomic E-state index is 0.481. The minimum Gasteiger partial charge on any atom is -0.325 e. The normalized spacial score (nSPS) is 11.2. The first kappa shape index (κ1) is 14.2. The van der Waals surface area contributed by atoms with Crippen molar-refractivity contribution in [3.8, 4) is 22.4 Å². The molecule has 0 aliphatic rings. The van der Waals surface area contributed by atoms with Gasteiger partial charge in [0.25, 0.3) is 0 Å². The summed E-state index contributed by atoms with van der Waals surface area (Å²) >= 11 is 1.66. The van der Waals surface area contributed by atoms with Crippen molar-refractivity contribution in [1.29, 1.82) is 0 Å². The van der Waals surface area contributed by atoms with Gasteiger partial charge in [-0.15, -0.1) is 11.3 Å². The first-order chi connectivity index (χ1) is 11.3. The van der Waals surface area contributed by atoms with Crippen molar-refractivity contribution in [2.75, 3.05) is 0 Å². The third-order valence-corrected chi connectivity index (χ3v) is 5.03. The summed E-state index contributed by atoms with van der Waals surface area (Å²) in [5, 5.41) is 2.11. The molecule has 2 aromatic heterocycles. The van der Waals surface area contributed by atoms with Gasteiger partial charge in [0.1, 0.15) is 0 Å². The zero-order valence-electron chi connectivity index (χ0n) is 12.9. The van der Waals surface area contributed by atoms with Gasteiger partial charge in [0.15, 0.2) is 4.96 Å². The molecule has 114 valence electrons. The second kappa shape index (κ2) is 5.65. The first-order valence-electron chi connectivity index (χ1n) is 7.59. The smallest absolute Gasteiger partial charge is 0.194 e. The summed E-state index contributed by atoms with van der Waals surface area (Å²) in [6, 6.07) is 18.9. The highest BCUT2D eigenvalue weighted by Crippen LogP contribution is 2.29. The highest BCUT2D eigenvalue weighted by molar-refractivity contribution is 7.15. The summed E-state index contributed by atoms with van der Waals surface area (Å²) < 4.78 is 2.16. The van der Waals surface area contributed by atoms with Crippen molar-refractivity contribution in [1.82, 2.24) is 9.38 Å². The van der Waals surface area contributed by atoms with E-state index in [2.05, 4.69) is 65.2 Å². The van der Waals surface area contributed by atoms with E-state index in [1.54, 1.807) is 11.3 Å². The number of fused-ring (bicyclic) bond motifs is 1. The lowest BCUT2D eigenvalue weighted by Crippen LogP contribution is -2.03. The lowest BCUT2D eigenvalue weighted by molar-refractivity contribution is 0.946. The summed E-state index contributed by atoms with van der Waals surface area (Å²) in [4.78, 5) is 5.78. The zero-order chi connectivity index (χ0) is 15.8. The van der Waals surface area contributed by atoms with Crippen LogP contribution in [-0.2, 0) is 6.54 Å². The second-order valence-electron chi connectivity index (χ2n) is 5.55. The van der Waals surface area contributed by atoms with Gasteiger partial charge in [-0.05, 0) is 18.1 Å². The van der Waals surface area contributed by atoms with Crippen molar-refractivity contribution in [2.24, 2.45) is 5.73 Å². The predicted octanol–water partition coefficient (Wildman–Crippen LogP) is 4.50. The van der Waals surface area contributed by atoms with Crippen LogP contribution in [0.2, 0.25) is 0 Å². The van der Waals surface area contributed by atoms with Crippen LogP contribution in [0.25, 0.3) is 27.3 Å². The molecular weight excluding hydrogens is 302 g/mol. The monoisotopic (exact) mass is 319 g/mol. The Morgan fingerprint density at radius 1 is 0.957 bits per heavy atom. The molecule has 2 aromatic carbocycles. The zero-order valence-corrected chi connectivity index (χ0v) is 13.7. The molecule has 3 nitrogen and oxygen atoms in total. The van der Waals surface area contributed by atoms with E-state index in [4.69, 9.17) is 10.7 Å². The van der Waals surface area contributed by atoms with E-state index in [1.807, 2.05) is 6.07 Å².